The smallest absolute Gasteiger partial charge is 0.130 e. The van der Waals surface area contributed by atoms with Crippen LogP contribution in [0.25, 0.3) is 0 Å². The lowest BCUT2D eigenvalue weighted by Crippen LogP contribution is -2.16. The van der Waals surface area contributed by atoms with Crippen LogP contribution < -0.4 is 5.73 Å². The van der Waals surface area contributed by atoms with E-state index in [1.165, 1.54) is 0 Å². The van der Waals surface area contributed by atoms with Crippen LogP contribution in [0.2, 0.25) is 0 Å². The SMILES string of the molecule is Cc1cc(C)c(F)c(C(N)CO)c1. The Hall–Kier alpha value is -0.930. The summed E-state index contributed by atoms with van der Waals surface area (Å²) in [5, 5.41) is 8.80. The number of hydrogen-bond donors (Lipinski definition) is 2. The van der Waals surface area contributed by atoms with Crippen molar-refractivity contribution in [2.24, 2.45) is 5.73 Å². The van der Waals surface area contributed by atoms with Crippen LogP contribution in [-0.2, 0) is 0 Å². The maximum Gasteiger partial charge on any atom is 0.130 e. The van der Waals surface area contributed by atoms with Crippen molar-refractivity contribution in [3.8, 4) is 0 Å². The zero-order valence-corrected chi connectivity index (χ0v) is 7.84. The Morgan fingerprint density at radius 2 is 2.08 bits per heavy atom. The third-order valence-corrected chi connectivity index (χ3v) is 2.02. The number of halogens is 1. The van der Waals surface area contributed by atoms with E-state index in [9.17, 15) is 4.39 Å². The Morgan fingerprint density at radius 3 is 2.62 bits per heavy atom. The molecule has 0 aliphatic heterocycles. The molecule has 13 heavy (non-hydrogen) atoms. The molecule has 1 rings (SSSR count). The second-order valence-electron chi connectivity index (χ2n) is 3.27. The standard InChI is InChI=1S/C10H14FNO/c1-6-3-7(2)10(11)8(4-6)9(12)5-13/h3-4,9,13H,5,12H2,1-2H3. The van der Waals surface area contributed by atoms with Crippen LogP contribution in [0.3, 0.4) is 0 Å². The topological polar surface area (TPSA) is 46.2 Å². The van der Waals surface area contributed by atoms with Gasteiger partial charge in [0.25, 0.3) is 0 Å². The molecule has 0 aliphatic rings. The minimum atomic E-state index is -0.626. The monoisotopic (exact) mass is 183 g/mol. The van der Waals surface area contributed by atoms with Gasteiger partial charge in [-0.2, -0.15) is 0 Å². The predicted molar refractivity (Wildman–Crippen MR) is 49.9 cm³/mol. The first kappa shape index (κ1) is 10.2. The molecule has 3 heteroatoms. The zero-order chi connectivity index (χ0) is 10.0. The van der Waals surface area contributed by atoms with Crippen LogP contribution in [0.5, 0.6) is 0 Å². The lowest BCUT2D eigenvalue weighted by Gasteiger charge is -2.12. The molecule has 0 amide bonds. The lowest BCUT2D eigenvalue weighted by atomic mass is 10.0. The molecule has 1 aromatic carbocycles. The minimum Gasteiger partial charge on any atom is -0.394 e. The molecule has 0 saturated heterocycles. The van der Waals surface area contributed by atoms with Gasteiger partial charge < -0.3 is 10.8 Å². The third-order valence-electron chi connectivity index (χ3n) is 2.02. The molecule has 0 radical (unpaired) electrons. The first-order valence-corrected chi connectivity index (χ1v) is 4.19. The number of nitrogens with two attached hydrogens (primary N) is 1. The molecular weight excluding hydrogens is 169 g/mol. The number of rotatable bonds is 2. The highest BCUT2D eigenvalue weighted by Gasteiger charge is 2.12. The van der Waals surface area contributed by atoms with E-state index in [0.717, 1.165) is 5.56 Å². The van der Waals surface area contributed by atoms with Crippen LogP contribution >= 0.6 is 0 Å². The Balaban J connectivity index is 3.20. The molecule has 3 N–H and O–H groups in total. The molecule has 1 unspecified atom stereocenters. The second kappa shape index (κ2) is 3.85. The molecule has 0 aromatic heterocycles. The summed E-state index contributed by atoms with van der Waals surface area (Å²) in [4.78, 5) is 0. The van der Waals surface area contributed by atoms with Gasteiger partial charge in [-0.15, -0.1) is 0 Å². The molecule has 0 bridgehead atoms. The molecule has 0 spiro atoms. The van der Waals surface area contributed by atoms with E-state index in [4.69, 9.17) is 10.8 Å². The molecule has 0 saturated carbocycles. The molecule has 72 valence electrons. The number of aliphatic hydroxyl groups excluding tert-OH is 1. The Bertz CT molecular complexity index is 312. The van der Waals surface area contributed by atoms with E-state index < -0.39 is 6.04 Å². The summed E-state index contributed by atoms with van der Waals surface area (Å²) < 4.78 is 13.4. The van der Waals surface area contributed by atoms with Crippen molar-refractivity contribution in [3.63, 3.8) is 0 Å². The fourth-order valence-electron chi connectivity index (χ4n) is 1.35. The first-order valence-electron chi connectivity index (χ1n) is 4.19. The van der Waals surface area contributed by atoms with Gasteiger partial charge in [-0.3, -0.25) is 0 Å². The fraction of sp³-hybridized carbons (Fsp3) is 0.400. The molecule has 0 fully saturated rings. The van der Waals surface area contributed by atoms with Crippen molar-refractivity contribution in [3.05, 3.63) is 34.6 Å². The van der Waals surface area contributed by atoms with Gasteiger partial charge in [0.2, 0.25) is 0 Å². The van der Waals surface area contributed by atoms with Crippen molar-refractivity contribution in [1.82, 2.24) is 0 Å². The second-order valence-corrected chi connectivity index (χ2v) is 3.27. The van der Waals surface area contributed by atoms with Crippen LogP contribution in [-0.4, -0.2) is 11.7 Å². The summed E-state index contributed by atoms with van der Waals surface area (Å²) in [6, 6.07) is 2.80. The highest BCUT2D eigenvalue weighted by Crippen LogP contribution is 2.19. The van der Waals surface area contributed by atoms with Gasteiger partial charge in [0.1, 0.15) is 5.82 Å². The van der Waals surface area contributed by atoms with Crippen molar-refractivity contribution in [1.29, 1.82) is 0 Å². The molecule has 2 nitrogen and oxygen atoms in total. The van der Waals surface area contributed by atoms with Crippen LogP contribution in [0.1, 0.15) is 22.7 Å². The Labute approximate surface area is 77.2 Å². The van der Waals surface area contributed by atoms with Gasteiger partial charge in [-0.1, -0.05) is 17.7 Å². The van der Waals surface area contributed by atoms with Gasteiger partial charge in [0.15, 0.2) is 0 Å². The largest absolute Gasteiger partial charge is 0.394 e. The lowest BCUT2D eigenvalue weighted by molar-refractivity contribution is 0.265. The molecule has 0 heterocycles. The average Bonchev–Trinajstić information content (AvgIpc) is 2.10. The van der Waals surface area contributed by atoms with Crippen molar-refractivity contribution >= 4 is 0 Å². The number of aliphatic hydroxyl groups is 1. The van der Waals surface area contributed by atoms with Gasteiger partial charge in [-0.25, -0.2) is 4.39 Å². The van der Waals surface area contributed by atoms with E-state index in [0.29, 0.717) is 11.1 Å². The molecular formula is C10H14FNO. The quantitative estimate of drug-likeness (QED) is 0.728. The van der Waals surface area contributed by atoms with Crippen molar-refractivity contribution in [2.45, 2.75) is 19.9 Å². The van der Waals surface area contributed by atoms with E-state index >= 15 is 0 Å². The summed E-state index contributed by atoms with van der Waals surface area (Å²) in [6.07, 6.45) is 0. The van der Waals surface area contributed by atoms with E-state index in [1.807, 2.05) is 6.92 Å². The highest BCUT2D eigenvalue weighted by atomic mass is 19.1. The van der Waals surface area contributed by atoms with Gasteiger partial charge in [0, 0.05) is 5.56 Å². The van der Waals surface area contributed by atoms with Crippen molar-refractivity contribution in [2.75, 3.05) is 6.61 Å². The van der Waals surface area contributed by atoms with Crippen LogP contribution in [0.4, 0.5) is 4.39 Å². The summed E-state index contributed by atoms with van der Waals surface area (Å²) in [6.45, 7) is 3.33. The predicted octanol–water partition coefficient (Wildman–Crippen LogP) is 1.43. The minimum absolute atomic E-state index is 0.236. The summed E-state index contributed by atoms with van der Waals surface area (Å²) in [5.41, 5.74) is 7.46. The molecule has 1 atom stereocenters. The number of benzene rings is 1. The molecule has 0 aliphatic carbocycles. The van der Waals surface area contributed by atoms with Gasteiger partial charge in [0.05, 0.1) is 12.6 Å². The first-order chi connectivity index (χ1) is 6.06. The van der Waals surface area contributed by atoms with Gasteiger partial charge in [-0.05, 0) is 19.4 Å². The van der Waals surface area contributed by atoms with E-state index in [-0.39, 0.29) is 12.4 Å². The maximum atomic E-state index is 13.4. The average molecular weight is 183 g/mol. The molecule has 1 aromatic rings. The van der Waals surface area contributed by atoms with Crippen LogP contribution in [0, 0.1) is 19.7 Å². The summed E-state index contributed by atoms with van der Waals surface area (Å²) in [7, 11) is 0. The van der Waals surface area contributed by atoms with E-state index in [1.54, 1.807) is 19.1 Å². The zero-order valence-electron chi connectivity index (χ0n) is 7.84. The van der Waals surface area contributed by atoms with Gasteiger partial charge >= 0.3 is 0 Å². The fourth-order valence-corrected chi connectivity index (χ4v) is 1.35. The normalized spacial score (nSPS) is 13.0. The van der Waals surface area contributed by atoms with Crippen molar-refractivity contribution < 1.29 is 9.50 Å². The van der Waals surface area contributed by atoms with Crippen LogP contribution in [0.15, 0.2) is 12.1 Å². The third kappa shape index (κ3) is 2.05. The van der Waals surface area contributed by atoms with E-state index in [2.05, 4.69) is 0 Å². The number of hydrogen-bond acceptors (Lipinski definition) is 2. The summed E-state index contributed by atoms with van der Waals surface area (Å²) >= 11 is 0. The highest BCUT2D eigenvalue weighted by molar-refractivity contribution is 5.32. The Kier molecular flexibility index (Phi) is 3.01. The summed E-state index contributed by atoms with van der Waals surface area (Å²) in [5.74, 6) is -0.313. The maximum absolute atomic E-state index is 13.4. The number of aryl methyl sites for hydroxylation is 2. The Morgan fingerprint density at radius 1 is 1.46 bits per heavy atom.